The Hall–Kier alpha value is -2.18. The number of ether oxygens (including phenoxy) is 1. The molecule has 25 heavy (non-hydrogen) atoms. The molecule has 2 N–H and O–H groups in total. The molecule has 0 unspecified atom stereocenters. The third kappa shape index (κ3) is 4.46. The molecule has 6 nitrogen and oxygen atoms in total. The van der Waals surface area contributed by atoms with E-state index in [1.807, 2.05) is 26.1 Å². The first-order valence-corrected chi connectivity index (χ1v) is 8.79. The Morgan fingerprint density at radius 3 is 3.00 bits per heavy atom. The highest BCUT2D eigenvalue weighted by Crippen LogP contribution is 2.33. The van der Waals surface area contributed by atoms with Crippen LogP contribution < -0.4 is 10.1 Å². The van der Waals surface area contributed by atoms with Gasteiger partial charge < -0.3 is 15.2 Å². The van der Waals surface area contributed by atoms with Crippen LogP contribution in [0.3, 0.4) is 0 Å². The van der Waals surface area contributed by atoms with E-state index < -0.39 is 0 Å². The number of nitrogens with one attached hydrogen (secondary N) is 1. The van der Waals surface area contributed by atoms with Gasteiger partial charge in [-0.15, -0.1) is 0 Å². The van der Waals surface area contributed by atoms with Crippen molar-refractivity contribution in [2.24, 2.45) is 0 Å². The van der Waals surface area contributed by atoms with Crippen LogP contribution in [0, 0.1) is 6.92 Å². The van der Waals surface area contributed by atoms with Gasteiger partial charge in [0, 0.05) is 19.7 Å². The summed E-state index contributed by atoms with van der Waals surface area (Å²) in [5.41, 5.74) is 2.30. The van der Waals surface area contributed by atoms with Gasteiger partial charge >= 0.3 is 0 Å². The first kappa shape index (κ1) is 17.6. The van der Waals surface area contributed by atoms with Crippen molar-refractivity contribution in [2.75, 3.05) is 32.1 Å². The van der Waals surface area contributed by atoms with Gasteiger partial charge in [-0.25, -0.2) is 9.97 Å². The number of aryl methyl sites for hydroxylation is 1. The Morgan fingerprint density at radius 2 is 2.20 bits per heavy atom. The minimum atomic E-state index is 0.0271. The van der Waals surface area contributed by atoms with E-state index in [0.29, 0.717) is 12.6 Å². The number of rotatable bonds is 7. The van der Waals surface area contributed by atoms with Crippen molar-refractivity contribution in [2.45, 2.75) is 32.4 Å². The fourth-order valence-electron chi connectivity index (χ4n) is 3.37. The van der Waals surface area contributed by atoms with Crippen molar-refractivity contribution in [1.82, 2.24) is 14.9 Å². The number of benzene rings is 1. The van der Waals surface area contributed by atoms with Gasteiger partial charge in [0.1, 0.15) is 24.0 Å². The number of hydrogen-bond acceptors (Lipinski definition) is 6. The summed E-state index contributed by atoms with van der Waals surface area (Å²) in [5.74, 6) is 2.47. The predicted octanol–water partition coefficient (Wildman–Crippen LogP) is 2.53. The maximum atomic E-state index is 8.90. The smallest absolute Gasteiger partial charge is 0.129 e. The zero-order chi connectivity index (χ0) is 17.6. The molecular formula is C19H26N4O2. The molecule has 1 saturated heterocycles. The molecule has 0 spiro atoms. The minimum absolute atomic E-state index is 0.0271. The Balaban J connectivity index is 1.75. The fourth-order valence-corrected chi connectivity index (χ4v) is 3.37. The molecule has 6 heteroatoms. The van der Waals surface area contributed by atoms with Crippen LogP contribution in [0.1, 0.15) is 36.0 Å². The summed E-state index contributed by atoms with van der Waals surface area (Å²) in [4.78, 5) is 11.5. The normalized spacial score (nSPS) is 17.6. The molecule has 3 rings (SSSR count). The summed E-state index contributed by atoms with van der Waals surface area (Å²) in [7, 11) is 1.88. The largest absolute Gasteiger partial charge is 0.491 e. The van der Waals surface area contributed by atoms with E-state index in [2.05, 4.69) is 38.4 Å². The molecule has 0 amide bonds. The van der Waals surface area contributed by atoms with Gasteiger partial charge in [-0.05, 0) is 44.0 Å². The summed E-state index contributed by atoms with van der Waals surface area (Å²) >= 11 is 0. The van der Waals surface area contributed by atoms with Crippen LogP contribution in [-0.4, -0.2) is 46.8 Å². The second-order valence-electron chi connectivity index (χ2n) is 6.32. The number of aliphatic hydroxyl groups excluding tert-OH is 1. The summed E-state index contributed by atoms with van der Waals surface area (Å²) in [6.07, 6.45) is 2.28. The zero-order valence-electron chi connectivity index (χ0n) is 14.9. The number of aromatic nitrogens is 2. The highest BCUT2D eigenvalue weighted by atomic mass is 16.5. The van der Waals surface area contributed by atoms with Crippen molar-refractivity contribution in [1.29, 1.82) is 0 Å². The first-order chi connectivity index (χ1) is 12.2. The number of nitrogens with zero attached hydrogens (tertiary/aromatic N) is 3. The summed E-state index contributed by atoms with van der Waals surface area (Å²) in [6, 6.07) is 10.5. The maximum Gasteiger partial charge on any atom is 0.129 e. The molecule has 1 aromatic heterocycles. The highest BCUT2D eigenvalue weighted by Gasteiger charge is 2.27. The van der Waals surface area contributed by atoms with Crippen molar-refractivity contribution >= 4 is 5.82 Å². The molecule has 0 radical (unpaired) electrons. The van der Waals surface area contributed by atoms with Crippen molar-refractivity contribution in [3.63, 3.8) is 0 Å². The van der Waals surface area contributed by atoms with E-state index in [9.17, 15) is 0 Å². The molecule has 2 heterocycles. The lowest BCUT2D eigenvalue weighted by molar-refractivity contribution is 0.200. The van der Waals surface area contributed by atoms with E-state index in [1.54, 1.807) is 0 Å². The Morgan fingerprint density at radius 1 is 1.32 bits per heavy atom. The van der Waals surface area contributed by atoms with E-state index in [1.165, 1.54) is 12.0 Å². The van der Waals surface area contributed by atoms with Gasteiger partial charge in [0.25, 0.3) is 0 Å². The van der Waals surface area contributed by atoms with Crippen LogP contribution in [0.2, 0.25) is 0 Å². The Bertz CT molecular complexity index is 708. The van der Waals surface area contributed by atoms with Gasteiger partial charge in [0.05, 0.1) is 18.3 Å². The average molecular weight is 342 g/mol. The molecule has 0 aliphatic carbocycles. The SMILES string of the molecule is CNc1cc([C@H]2CCCN2Cc2cccc(OCCO)c2)nc(C)n1. The molecule has 1 aliphatic heterocycles. The van der Waals surface area contributed by atoms with E-state index in [0.717, 1.165) is 42.6 Å². The third-order valence-corrected chi connectivity index (χ3v) is 4.46. The molecule has 134 valence electrons. The van der Waals surface area contributed by atoms with Crippen LogP contribution in [0.5, 0.6) is 5.75 Å². The second kappa shape index (κ2) is 8.27. The van der Waals surface area contributed by atoms with Crippen LogP contribution in [0.4, 0.5) is 5.82 Å². The Kier molecular flexibility index (Phi) is 5.83. The molecule has 1 aromatic carbocycles. The van der Waals surface area contributed by atoms with Crippen molar-refractivity contribution in [3.05, 3.63) is 47.4 Å². The monoisotopic (exact) mass is 342 g/mol. The quantitative estimate of drug-likeness (QED) is 0.806. The van der Waals surface area contributed by atoms with Gasteiger partial charge in [-0.1, -0.05) is 12.1 Å². The molecule has 0 bridgehead atoms. The van der Waals surface area contributed by atoms with Crippen LogP contribution >= 0.6 is 0 Å². The number of aliphatic hydroxyl groups is 1. The van der Waals surface area contributed by atoms with Crippen LogP contribution in [-0.2, 0) is 6.54 Å². The molecule has 1 atom stereocenters. The van der Waals surface area contributed by atoms with E-state index >= 15 is 0 Å². The predicted molar refractivity (Wildman–Crippen MR) is 97.7 cm³/mol. The zero-order valence-corrected chi connectivity index (χ0v) is 14.9. The van der Waals surface area contributed by atoms with Crippen molar-refractivity contribution < 1.29 is 9.84 Å². The Labute approximate surface area is 148 Å². The topological polar surface area (TPSA) is 70.5 Å². The van der Waals surface area contributed by atoms with Gasteiger partial charge in [0.15, 0.2) is 0 Å². The van der Waals surface area contributed by atoms with E-state index in [4.69, 9.17) is 9.84 Å². The maximum absolute atomic E-state index is 8.90. The lowest BCUT2D eigenvalue weighted by Crippen LogP contribution is -2.24. The lowest BCUT2D eigenvalue weighted by Gasteiger charge is -2.24. The van der Waals surface area contributed by atoms with Crippen LogP contribution in [0.25, 0.3) is 0 Å². The van der Waals surface area contributed by atoms with Crippen LogP contribution in [0.15, 0.2) is 30.3 Å². The number of hydrogen-bond donors (Lipinski definition) is 2. The standard InChI is InChI=1S/C19H26N4O2/c1-14-21-17(12-19(20-2)22-14)18-7-4-8-23(18)13-15-5-3-6-16(11-15)25-10-9-24/h3,5-6,11-12,18,24H,4,7-10,13H2,1-2H3,(H,20,21,22)/t18-/m1/s1. The minimum Gasteiger partial charge on any atom is -0.491 e. The molecular weight excluding hydrogens is 316 g/mol. The van der Waals surface area contributed by atoms with Gasteiger partial charge in [-0.3, -0.25) is 4.90 Å². The van der Waals surface area contributed by atoms with E-state index in [-0.39, 0.29) is 6.61 Å². The summed E-state index contributed by atoms with van der Waals surface area (Å²) in [6.45, 7) is 4.21. The molecule has 0 saturated carbocycles. The fraction of sp³-hybridized carbons (Fsp3) is 0.474. The molecule has 1 fully saturated rings. The first-order valence-electron chi connectivity index (χ1n) is 8.79. The number of anilines is 1. The summed E-state index contributed by atoms with van der Waals surface area (Å²) in [5, 5.41) is 12.0. The average Bonchev–Trinajstić information content (AvgIpc) is 3.08. The second-order valence-corrected chi connectivity index (χ2v) is 6.32. The van der Waals surface area contributed by atoms with Gasteiger partial charge in [-0.2, -0.15) is 0 Å². The number of likely N-dealkylation sites (tertiary alicyclic amines) is 1. The highest BCUT2D eigenvalue weighted by molar-refractivity contribution is 5.36. The third-order valence-electron chi connectivity index (χ3n) is 4.46. The molecule has 2 aromatic rings. The molecule has 1 aliphatic rings. The van der Waals surface area contributed by atoms with Gasteiger partial charge in [0.2, 0.25) is 0 Å². The summed E-state index contributed by atoms with van der Waals surface area (Å²) < 4.78 is 5.52. The lowest BCUT2D eigenvalue weighted by atomic mass is 10.1. The van der Waals surface area contributed by atoms with Crippen molar-refractivity contribution in [3.8, 4) is 5.75 Å².